The summed E-state index contributed by atoms with van der Waals surface area (Å²) in [5.74, 6) is -0.223. The van der Waals surface area contributed by atoms with Crippen LogP contribution in [0.5, 0.6) is 0 Å². The number of rotatable bonds is 5. The molecule has 0 saturated heterocycles. The maximum absolute atomic E-state index is 10.3. The summed E-state index contributed by atoms with van der Waals surface area (Å²) >= 11 is 0. The van der Waals surface area contributed by atoms with Gasteiger partial charge in [-0.25, -0.2) is 9.97 Å². The Morgan fingerprint density at radius 2 is 2.18 bits per heavy atom. The van der Waals surface area contributed by atoms with E-state index in [2.05, 4.69) is 36.1 Å². The molecule has 0 radical (unpaired) electrons. The monoisotopic (exact) mass is 237 g/mol. The third-order valence-corrected chi connectivity index (χ3v) is 2.27. The summed E-state index contributed by atoms with van der Waals surface area (Å²) in [6.07, 6.45) is 2.44. The Labute approximate surface area is 101 Å². The van der Waals surface area contributed by atoms with Crippen molar-refractivity contribution < 1.29 is 9.90 Å². The Hall–Kier alpha value is -1.65. The predicted octanol–water partition coefficient (Wildman–Crippen LogP) is 2.05. The van der Waals surface area contributed by atoms with Gasteiger partial charge in [-0.15, -0.1) is 0 Å². The minimum absolute atomic E-state index is 0.0135. The maximum Gasteiger partial charge on any atom is 0.303 e. The molecular weight excluding hydrogens is 218 g/mol. The highest BCUT2D eigenvalue weighted by Crippen LogP contribution is 2.19. The molecule has 2 N–H and O–H groups in total. The number of carboxylic acids is 1. The molecule has 17 heavy (non-hydrogen) atoms. The van der Waals surface area contributed by atoms with E-state index in [1.807, 2.05) is 6.07 Å². The molecule has 0 amide bonds. The van der Waals surface area contributed by atoms with Crippen molar-refractivity contribution in [3.63, 3.8) is 0 Å². The molecule has 0 fully saturated rings. The molecule has 1 heterocycles. The molecule has 0 atom stereocenters. The lowest BCUT2D eigenvalue weighted by Crippen LogP contribution is -2.16. The molecule has 94 valence electrons. The summed E-state index contributed by atoms with van der Waals surface area (Å²) in [5, 5.41) is 11.5. The Morgan fingerprint density at radius 1 is 1.47 bits per heavy atom. The van der Waals surface area contributed by atoms with Crippen molar-refractivity contribution >= 4 is 11.9 Å². The molecule has 5 nitrogen and oxygen atoms in total. The van der Waals surface area contributed by atoms with E-state index < -0.39 is 5.97 Å². The van der Waals surface area contributed by atoms with Gasteiger partial charge in [0.2, 0.25) is 5.95 Å². The van der Waals surface area contributed by atoms with Gasteiger partial charge in [0.05, 0.1) is 5.69 Å². The first-order valence-electron chi connectivity index (χ1n) is 5.69. The van der Waals surface area contributed by atoms with Crippen LogP contribution >= 0.6 is 0 Å². The summed E-state index contributed by atoms with van der Waals surface area (Å²) in [6.45, 7) is 6.83. The fourth-order valence-electron chi connectivity index (χ4n) is 1.30. The second kappa shape index (κ2) is 5.61. The molecule has 0 unspecified atom stereocenters. The van der Waals surface area contributed by atoms with Crippen molar-refractivity contribution in [3.8, 4) is 0 Å². The van der Waals surface area contributed by atoms with E-state index in [1.54, 1.807) is 6.20 Å². The third kappa shape index (κ3) is 4.80. The van der Waals surface area contributed by atoms with Crippen LogP contribution in [0.15, 0.2) is 12.3 Å². The number of hydrogen-bond acceptors (Lipinski definition) is 4. The second-order valence-corrected chi connectivity index (χ2v) is 4.94. The molecule has 0 aromatic carbocycles. The summed E-state index contributed by atoms with van der Waals surface area (Å²) in [5.41, 5.74) is 0.953. The molecule has 0 aliphatic carbocycles. The molecular formula is C12H19N3O2. The summed E-state index contributed by atoms with van der Waals surface area (Å²) in [7, 11) is 0. The summed E-state index contributed by atoms with van der Waals surface area (Å²) < 4.78 is 0. The van der Waals surface area contributed by atoms with Crippen molar-refractivity contribution in [2.75, 3.05) is 11.9 Å². The minimum atomic E-state index is -0.781. The van der Waals surface area contributed by atoms with E-state index in [-0.39, 0.29) is 11.8 Å². The van der Waals surface area contributed by atoms with E-state index in [9.17, 15) is 4.79 Å². The van der Waals surface area contributed by atoms with Gasteiger partial charge in [-0.1, -0.05) is 20.8 Å². The van der Waals surface area contributed by atoms with Gasteiger partial charge in [0, 0.05) is 24.6 Å². The van der Waals surface area contributed by atoms with Gasteiger partial charge in [0.1, 0.15) is 0 Å². The zero-order chi connectivity index (χ0) is 12.9. The lowest BCUT2D eigenvalue weighted by Gasteiger charge is -2.17. The highest BCUT2D eigenvalue weighted by atomic mass is 16.4. The van der Waals surface area contributed by atoms with E-state index in [1.165, 1.54) is 0 Å². The van der Waals surface area contributed by atoms with E-state index >= 15 is 0 Å². The predicted molar refractivity (Wildman–Crippen MR) is 66.1 cm³/mol. The van der Waals surface area contributed by atoms with E-state index in [4.69, 9.17) is 5.11 Å². The van der Waals surface area contributed by atoms with E-state index in [0.29, 0.717) is 18.9 Å². The number of aromatic nitrogens is 2. The zero-order valence-corrected chi connectivity index (χ0v) is 10.5. The first-order chi connectivity index (χ1) is 7.89. The van der Waals surface area contributed by atoms with Gasteiger partial charge < -0.3 is 10.4 Å². The van der Waals surface area contributed by atoms with Crippen molar-refractivity contribution in [1.29, 1.82) is 0 Å². The molecule has 0 bridgehead atoms. The third-order valence-electron chi connectivity index (χ3n) is 2.27. The second-order valence-electron chi connectivity index (χ2n) is 4.94. The van der Waals surface area contributed by atoms with Crippen LogP contribution in [0.4, 0.5) is 5.95 Å². The Bertz CT molecular complexity index is 386. The number of aliphatic carboxylic acids is 1. The van der Waals surface area contributed by atoms with Gasteiger partial charge in [-0.2, -0.15) is 0 Å². The van der Waals surface area contributed by atoms with Crippen molar-refractivity contribution in [1.82, 2.24) is 9.97 Å². The minimum Gasteiger partial charge on any atom is -0.481 e. The summed E-state index contributed by atoms with van der Waals surface area (Å²) in [6, 6.07) is 1.89. The standard InChI is InChI=1S/C12H19N3O2/c1-12(2,3)9-6-8-14-11(15-9)13-7-4-5-10(16)17/h6,8H,4-5,7H2,1-3H3,(H,16,17)(H,13,14,15). The van der Waals surface area contributed by atoms with Crippen molar-refractivity contribution in [2.45, 2.75) is 39.0 Å². The van der Waals surface area contributed by atoms with Gasteiger partial charge >= 0.3 is 5.97 Å². The average molecular weight is 237 g/mol. The molecule has 0 aliphatic heterocycles. The number of nitrogens with zero attached hydrogens (tertiary/aromatic N) is 2. The Kier molecular flexibility index (Phi) is 4.43. The van der Waals surface area contributed by atoms with Crippen LogP contribution in [0.1, 0.15) is 39.3 Å². The largest absolute Gasteiger partial charge is 0.481 e. The average Bonchev–Trinajstić information content (AvgIpc) is 2.23. The topological polar surface area (TPSA) is 75.1 Å². The fourth-order valence-corrected chi connectivity index (χ4v) is 1.30. The van der Waals surface area contributed by atoms with Gasteiger partial charge in [-0.3, -0.25) is 4.79 Å². The van der Waals surface area contributed by atoms with Crippen LogP contribution in [-0.2, 0) is 10.2 Å². The number of nitrogens with one attached hydrogen (secondary N) is 1. The van der Waals surface area contributed by atoms with Crippen molar-refractivity contribution in [2.24, 2.45) is 0 Å². The van der Waals surface area contributed by atoms with Crippen molar-refractivity contribution in [3.05, 3.63) is 18.0 Å². The van der Waals surface area contributed by atoms with Crippen LogP contribution in [0.25, 0.3) is 0 Å². The maximum atomic E-state index is 10.3. The number of anilines is 1. The molecule has 0 aliphatic rings. The lowest BCUT2D eigenvalue weighted by atomic mass is 9.92. The van der Waals surface area contributed by atoms with Gasteiger partial charge in [0.15, 0.2) is 0 Å². The Balaban J connectivity index is 2.52. The SMILES string of the molecule is CC(C)(C)c1ccnc(NCCCC(=O)O)n1. The molecule has 1 rings (SSSR count). The molecule has 5 heteroatoms. The first-order valence-corrected chi connectivity index (χ1v) is 5.69. The smallest absolute Gasteiger partial charge is 0.303 e. The van der Waals surface area contributed by atoms with Crippen LogP contribution in [-0.4, -0.2) is 27.6 Å². The normalized spacial score (nSPS) is 11.2. The first kappa shape index (κ1) is 13.4. The van der Waals surface area contributed by atoms with Crippen LogP contribution in [0.2, 0.25) is 0 Å². The highest BCUT2D eigenvalue weighted by molar-refractivity contribution is 5.66. The summed E-state index contributed by atoms with van der Waals surface area (Å²) in [4.78, 5) is 18.8. The van der Waals surface area contributed by atoms with Gasteiger partial charge in [0.25, 0.3) is 0 Å². The number of carbonyl (C=O) groups is 1. The highest BCUT2D eigenvalue weighted by Gasteiger charge is 2.15. The Morgan fingerprint density at radius 3 is 2.76 bits per heavy atom. The molecule has 1 aromatic rings. The fraction of sp³-hybridized carbons (Fsp3) is 0.583. The van der Waals surface area contributed by atoms with Crippen LogP contribution < -0.4 is 5.32 Å². The molecule has 0 saturated carbocycles. The molecule has 1 aromatic heterocycles. The van der Waals surface area contributed by atoms with Crippen LogP contribution in [0, 0.1) is 0 Å². The quantitative estimate of drug-likeness (QED) is 0.766. The van der Waals surface area contributed by atoms with Gasteiger partial charge in [-0.05, 0) is 12.5 Å². The van der Waals surface area contributed by atoms with Crippen LogP contribution in [0.3, 0.4) is 0 Å². The lowest BCUT2D eigenvalue weighted by molar-refractivity contribution is -0.137. The zero-order valence-electron chi connectivity index (χ0n) is 10.5. The number of carboxylic acid groups (broad SMARTS) is 1. The molecule has 0 spiro atoms. The van der Waals surface area contributed by atoms with E-state index in [0.717, 1.165) is 5.69 Å². The number of hydrogen-bond donors (Lipinski definition) is 2.